The lowest BCUT2D eigenvalue weighted by Crippen LogP contribution is -2.13. The third-order valence-electron chi connectivity index (χ3n) is 2.30. The van der Waals surface area contributed by atoms with Gasteiger partial charge in [0.1, 0.15) is 4.90 Å². The minimum Gasteiger partial charge on any atom is -0.488 e. The lowest BCUT2D eigenvalue weighted by molar-refractivity contribution is 0.198. The molecule has 1 unspecified atom stereocenters. The zero-order valence-corrected chi connectivity index (χ0v) is 11.5. The fourth-order valence-electron chi connectivity index (χ4n) is 1.48. The van der Waals surface area contributed by atoms with Crippen LogP contribution in [0.1, 0.15) is 26.7 Å². The van der Waals surface area contributed by atoms with Crippen molar-refractivity contribution in [2.45, 2.75) is 37.7 Å². The third kappa shape index (κ3) is 3.55. The second kappa shape index (κ2) is 5.84. The normalized spacial score (nSPS) is 13.4. The van der Waals surface area contributed by atoms with Crippen molar-refractivity contribution in [1.82, 2.24) is 0 Å². The van der Waals surface area contributed by atoms with E-state index in [1.165, 1.54) is 0 Å². The monoisotopic (exact) mass is 298 g/mol. The lowest BCUT2D eigenvalue weighted by atomic mass is 10.2. The Kier molecular flexibility index (Phi) is 4.92. The minimum absolute atomic E-state index is 0.289. The summed E-state index contributed by atoms with van der Waals surface area (Å²) in [6.07, 6.45) is 1.22. The number of hydrogen-bond acceptors (Lipinski definition) is 3. The summed E-state index contributed by atoms with van der Waals surface area (Å²) in [5.74, 6) is -3.19. The van der Waals surface area contributed by atoms with E-state index in [2.05, 4.69) is 0 Å². The maximum atomic E-state index is 13.6. The van der Waals surface area contributed by atoms with Gasteiger partial charge in [0.05, 0.1) is 6.10 Å². The second-order valence-corrected chi connectivity index (χ2v) is 6.38. The molecule has 0 saturated carbocycles. The molecule has 0 saturated heterocycles. The number of rotatable bonds is 5. The topological polar surface area (TPSA) is 43.4 Å². The van der Waals surface area contributed by atoms with Crippen molar-refractivity contribution >= 4 is 19.7 Å². The molecular formula is C11H13ClF2O3S. The Hall–Kier alpha value is -0.880. The molecule has 102 valence electrons. The first-order valence-electron chi connectivity index (χ1n) is 5.36. The Labute approximate surface area is 109 Å². The van der Waals surface area contributed by atoms with Crippen molar-refractivity contribution in [1.29, 1.82) is 0 Å². The van der Waals surface area contributed by atoms with Crippen LogP contribution in [0.2, 0.25) is 0 Å². The molecule has 1 atom stereocenters. The van der Waals surface area contributed by atoms with Crippen molar-refractivity contribution in [3.63, 3.8) is 0 Å². The van der Waals surface area contributed by atoms with Crippen molar-refractivity contribution < 1.29 is 21.9 Å². The minimum atomic E-state index is -4.31. The van der Waals surface area contributed by atoms with E-state index in [0.29, 0.717) is 6.42 Å². The van der Waals surface area contributed by atoms with Gasteiger partial charge in [0, 0.05) is 10.7 Å². The number of hydrogen-bond donors (Lipinski definition) is 0. The molecule has 0 radical (unpaired) electrons. The Bertz CT molecular complexity index is 531. The molecule has 1 aromatic rings. The summed E-state index contributed by atoms with van der Waals surface area (Å²) >= 11 is 0. The highest BCUT2D eigenvalue weighted by Crippen LogP contribution is 2.28. The molecule has 0 bridgehead atoms. The molecule has 3 nitrogen and oxygen atoms in total. The van der Waals surface area contributed by atoms with Gasteiger partial charge >= 0.3 is 0 Å². The first-order chi connectivity index (χ1) is 8.27. The first-order valence-corrected chi connectivity index (χ1v) is 7.67. The second-order valence-electron chi connectivity index (χ2n) is 3.84. The fraction of sp³-hybridized carbons (Fsp3) is 0.455. The van der Waals surface area contributed by atoms with Crippen LogP contribution in [0, 0.1) is 11.6 Å². The molecule has 0 spiro atoms. The summed E-state index contributed by atoms with van der Waals surface area (Å²) in [6, 6.07) is 1.94. The molecule has 0 aromatic heterocycles. The van der Waals surface area contributed by atoms with E-state index in [9.17, 15) is 17.2 Å². The molecule has 0 aliphatic heterocycles. The van der Waals surface area contributed by atoms with Crippen molar-refractivity contribution in [2.75, 3.05) is 0 Å². The Morgan fingerprint density at radius 1 is 1.33 bits per heavy atom. The highest BCUT2D eigenvalue weighted by Gasteiger charge is 2.23. The average Bonchev–Trinajstić information content (AvgIpc) is 2.23. The Morgan fingerprint density at radius 2 is 1.94 bits per heavy atom. The lowest BCUT2D eigenvalue weighted by Gasteiger charge is -2.15. The zero-order valence-electron chi connectivity index (χ0n) is 9.91. The summed E-state index contributed by atoms with van der Waals surface area (Å²) in [7, 11) is 0.659. The molecule has 1 rings (SSSR count). The van der Waals surface area contributed by atoms with Crippen LogP contribution in [0.25, 0.3) is 0 Å². The van der Waals surface area contributed by atoms with Crippen LogP contribution in [0.15, 0.2) is 17.0 Å². The molecular weight excluding hydrogens is 286 g/mol. The van der Waals surface area contributed by atoms with Crippen LogP contribution in [0.3, 0.4) is 0 Å². The Balaban J connectivity index is 3.09. The molecule has 0 N–H and O–H groups in total. The predicted molar refractivity (Wildman–Crippen MR) is 64.4 cm³/mol. The standard InChI is InChI=1S/C11H13ClF2O3S/c1-3-4-7(2)17-8-5-6-9(18(12,15)16)11(14)10(8)13/h5-7H,3-4H2,1-2H3. The van der Waals surface area contributed by atoms with E-state index in [4.69, 9.17) is 15.4 Å². The summed E-state index contributed by atoms with van der Waals surface area (Å²) < 4.78 is 54.1. The smallest absolute Gasteiger partial charge is 0.264 e. The highest BCUT2D eigenvalue weighted by atomic mass is 35.7. The summed E-state index contributed by atoms with van der Waals surface area (Å²) in [6.45, 7) is 3.65. The van der Waals surface area contributed by atoms with Crippen LogP contribution in [0.5, 0.6) is 5.75 Å². The first kappa shape index (κ1) is 15.2. The molecule has 0 heterocycles. The SMILES string of the molecule is CCCC(C)Oc1ccc(S(=O)(=O)Cl)c(F)c1F. The third-order valence-corrected chi connectivity index (χ3v) is 3.64. The molecule has 7 heteroatoms. The van der Waals surface area contributed by atoms with Crippen LogP contribution in [-0.2, 0) is 9.05 Å². The molecule has 18 heavy (non-hydrogen) atoms. The van der Waals surface area contributed by atoms with E-state index >= 15 is 0 Å². The van der Waals surface area contributed by atoms with Gasteiger partial charge in [-0.05, 0) is 25.5 Å². The van der Waals surface area contributed by atoms with Crippen LogP contribution < -0.4 is 4.74 Å². The van der Waals surface area contributed by atoms with Gasteiger partial charge in [-0.15, -0.1) is 0 Å². The molecule has 0 amide bonds. The van der Waals surface area contributed by atoms with Crippen molar-refractivity contribution in [3.8, 4) is 5.75 Å². The number of benzene rings is 1. The highest BCUT2D eigenvalue weighted by molar-refractivity contribution is 8.13. The average molecular weight is 299 g/mol. The molecule has 0 fully saturated rings. The van der Waals surface area contributed by atoms with Crippen molar-refractivity contribution in [2.24, 2.45) is 0 Å². The molecule has 1 aromatic carbocycles. The summed E-state index contributed by atoms with van der Waals surface area (Å²) in [4.78, 5) is -0.892. The van der Waals surface area contributed by atoms with E-state index < -0.39 is 25.6 Å². The summed E-state index contributed by atoms with van der Waals surface area (Å²) in [5.41, 5.74) is 0. The van der Waals surface area contributed by atoms with E-state index in [1.54, 1.807) is 6.92 Å². The molecule has 0 aliphatic carbocycles. The van der Waals surface area contributed by atoms with Crippen LogP contribution >= 0.6 is 10.7 Å². The van der Waals surface area contributed by atoms with Gasteiger partial charge in [-0.25, -0.2) is 12.8 Å². The summed E-state index contributed by atoms with van der Waals surface area (Å²) in [5, 5.41) is 0. The van der Waals surface area contributed by atoms with E-state index in [0.717, 1.165) is 18.6 Å². The van der Waals surface area contributed by atoms with Gasteiger partial charge in [-0.2, -0.15) is 4.39 Å². The maximum Gasteiger partial charge on any atom is 0.264 e. The van der Waals surface area contributed by atoms with Gasteiger partial charge in [0.2, 0.25) is 5.82 Å². The predicted octanol–water partition coefficient (Wildman–Crippen LogP) is 3.46. The van der Waals surface area contributed by atoms with Gasteiger partial charge < -0.3 is 4.74 Å². The van der Waals surface area contributed by atoms with Crippen LogP contribution in [-0.4, -0.2) is 14.5 Å². The van der Waals surface area contributed by atoms with Gasteiger partial charge in [0.15, 0.2) is 11.6 Å². The number of halogens is 3. The van der Waals surface area contributed by atoms with Gasteiger partial charge in [-0.1, -0.05) is 13.3 Å². The largest absolute Gasteiger partial charge is 0.488 e. The van der Waals surface area contributed by atoms with E-state index in [-0.39, 0.29) is 11.9 Å². The van der Waals surface area contributed by atoms with Gasteiger partial charge in [-0.3, -0.25) is 0 Å². The van der Waals surface area contributed by atoms with Crippen LogP contribution in [0.4, 0.5) is 8.78 Å². The van der Waals surface area contributed by atoms with E-state index in [1.807, 2.05) is 6.92 Å². The zero-order chi connectivity index (χ0) is 13.9. The quantitative estimate of drug-likeness (QED) is 0.782. The fourth-order valence-corrected chi connectivity index (χ4v) is 2.37. The van der Waals surface area contributed by atoms with Crippen molar-refractivity contribution in [3.05, 3.63) is 23.8 Å². The maximum absolute atomic E-state index is 13.6. The molecule has 0 aliphatic rings. The van der Waals surface area contributed by atoms with Gasteiger partial charge in [0.25, 0.3) is 9.05 Å². The Morgan fingerprint density at radius 3 is 2.44 bits per heavy atom. The number of ether oxygens (including phenoxy) is 1.